The molecule has 0 unspecified atom stereocenters. The van der Waals surface area contributed by atoms with Crippen LogP contribution in [0, 0.1) is 6.92 Å². The van der Waals surface area contributed by atoms with Crippen LogP contribution in [0.5, 0.6) is 0 Å². The molecule has 2 N–H and O–H groups in total. The number of carbonyl (C=O) groups excluding carboxylic acids is 1. The summed E-state index contributed by atoms with van der Waals surface area (Å²) in [5.74, 6) is 0.0475. The second-order valence-corrected chi connectivity index (χ2v) is 6.15. The first kappa shape index (κ1) is 15.4. The smallest absolute Gasteiger partial charge is 0.240 e. The lowest BCUT2D eigenvalue weighted by atomic mass is 10.0. The molecule has 0 atom stereocenters. The topological polar surface area (TPSA) is 57.3 Å². The summed E-state index contributed by atoms with van der Waals surface area (Å²) in [7, 11) is 0. The predicted octanol–water partition coefficient (Wildman–Crippen LogP) is 1.85. The van der Waals surface area contributed by atoms with Gasteiger partial charge in [0.15, 0.2) is 5.13 Å². The van der Waals surface area contributed by atoms with Crippen molar-refractivity contribution in [3.63, 3.8) is 0 Å². The fourth-order valence-electron chi connectivity index (χ4n) is 2.60. The average Bonchev–Trinajstić information content (AvgIpc) is 2.84. The van der Waals surface area contributed by atoms with Gasteiger partial charge in [-0.1, -0.05) is 6.92 Å². The minimum absolute atomic E-state index is 0.0475. The van der Waals surface area contributed by atoms with Gasteiger partial charge in [-0.05, 0) is 45.8 Å². The Kier molecular flexibility index (Phi) is 5.94. The van der Waals surface area contributed by atoms with Gasteiger partial charge in [0, 0.05) is 11.4 Å². The van der Waals surface area contributed by atoms with E-state index in [2.05, 4.69) is 27.4 Å². The third-order valence-corrected chi connectivity index (χ3v) is 4.42. The number of rotatable bonds is 6. The Hall–Kier alpha value is -0.980. The van der Waals surface area contributed by atoms with Crippen molar-refractivity contribution in [2.45, 2.75) is 39.2 Å². The van der Waals surface area contributed by atoms with E-state index in [4.69, 9.17) is 0 Å². The molecule has 1 aromatic rings. The van der Waals surface area contributed by atoms with Gasteiger partial charge in [0.2, 0.25) is 5.91 Å². The lowest BCUT2D eigenvalue weighted by Gasteiger charge is -2.33. The number of hydrogen-bond donors (Lipinski definition) is 2. The number of nitrogens with zero attached hydrogens (tertiary/aromatic N) is 2. The van der Waals surface area contributed by atoms with Crippen LogP contribution in [0.15, 0.2) is 5.38 Å². The van der Waals surface area contributed by atoms with Crippen molar-refractivity contribution in [2.24, 2.45) is 0 Å². The number of amides is 1. The van der Waals surface area contributed by atoms with E-state index in [0.717, 1.165) is 44.6 Å². The SMILES string of the molecule is CCCN(CC(=O)Nc1nc(C)cs1)C1CCNCC1. The van der Waals surface area contributed by atoms with Gasteiger partial charge in [-0.15, -0.1) is 11.3 Å². The summed E-state index contributed by atoms with van der Waals surface area (Å²) in [5, 5.41) is 8.93. The molecular weight excluding hydrogens is 272 g/mol. The van der Waals surface area contributed by atoms with E-state index in [-0.39, 0.29) is 5.91 Å². The van der Waals surface area contributed by atoms with E-state index in [1.165, 1.54) is 11.3 Å². The van der Waals surface area contributed by atoms with Crippen molar-refractivity contribution in [1.29, 1.82) is 0 Å². The lowest BCUT2D eigenvalue weighted by molar-refractivity contribution is -0.118. The van der Waals surface area contributed by atoms with Crippen molar-refractivity contribution in [1.82, 2.24) is 15.2 Å². The zero-order valence-corrected chi connectivity index (χ0v) is 13.1. The number of nitrogens with one attached hydrogen (secondary N) is 2. The maximum Gasteiger partial charge on any atom is 0.240 e. The third kappa shape index (κ3) is 4.54. The molecule has 20 heavy (non-hydrogen) atoms. The number of aromatic nitrogens is 1. The molecule has 0 bridgehead atoms. The first-order chi connectivity index (χ1) is 9.69. The van der Waals surface area contributed by atoms with Crippen molar-refractivity contribution < 1.29 is 4.79 Å². The van der Waals surface area contributed by atoms with Gasteiger partial charge in [-0.25, -0.2) is 4.98 Å². The molecule has 6 heteroatoms. The van der Waals surface area contributed by atoms with Crippen LogP contribution < -0.4 is 10.6 Å². The van der Waals surface area contributed by atoms with Crippen LogP contribution in [0.2, 0.25) is 0 Å². The number of hydrogen-bond acceptors (Lipinski definition) is 5. The highest BCUT2D eigenvalue weighted by Gasteiger charge is 2.22. The Labute approximate surface area is 124 Å². The highest BCUT2D eigenvalue weighted by atomic mass is 32.1. The molecule has 2 heterocycles. The molecule has 1 aliphatic rings. The van der Waals surface area contributed by atoms with E-state index < -0.39 is 0 Å². The van der Waals surface area contributed by atoms with Gasteiger partial charge in [-0.3, -0.25) is 9.69 Å². The Morgan fingerprint density at radius 2 is 2.30 bits per heavy atom. The molecule has 112 valence electrons. The summed E-state index contributed by atoms with van der Waals surface area (Å²) < 4.78 is 0. The monoisotopic (exact) mass is 296 g/mol. The van der Waals surface area contributed by atoms with Crippen LogP contribution in [-0.4, -0.2) is 48.0 Å². The lowest BCUT2D eigenvalue weighted by Crippen LogP contribution is -2.46. The molecule has 1 aliphatic heterocycles. The van der Waals surface area contributed by atoms with Crippen molar-refractivity contribution in [2.75, 3.05) is 31.5 Å². The normalized spacial score (nSPS) is 16.6. The highest BCUT2D eigenvalue weighted by molar-refractivity contribution is 7.13. The van der Waals surface area contributed by atoms with Crippen LogP contribution in [0.4, 0.5) is 5.13 Å². The van der Waals surface area contributed by atoms with Crippen molar-refractivity contribution in [3.8, 4) is 0 Å². The maximum absolute atomic E-state index is 12.1. The zero-order chi connectivity index (χ0) is 14.4. The molecule has 0 radical (unpaired) electrons. The number of carbonyl (C=O) groups is 1. The van der Waals surface area contributed by atoms with Gasteiger partial charge in [0.05, 0.1) is 12.2 Å². The fraction of sp³-hybridized carbons (Fsp3) is 0.714. The first-order valence-corrected chi connectivity index (χ1v) is 8.23. The molecule has 0 spiro atoms. The summed E-state index contributed by atoms with van der Waals surface area (Å²) in [4.78, 5) is 18.7. The van der Waals surface area contributed by atoms with Gasteiger partial charge >= 0.3 is 0 Å². The number of thiazole rings is 1. The minimum Gasteiger partial charge on any atom is -0.317 e. The van der Waals surface area contributed by atoms with Crippen LogP contribution >= 0.6 is 11.3 Å². The van der Waals surface area contributed by atoms with Crippen LogP contribution in [-0.2, 0) is 4.79 Å². The second-order valence-electron chi connectivity index (χ2n) is 5.29. The maximum atomic E-state index is 12.1. The van der Waals surface area contributed by atoms with Gasteiger partial charge in [0.1, 0.15) is 0 Å². The Morgan fingerprint density at radius 3 is 2.90 bits per heavy atom. The van der Waals surface area contributed by atoms with Gasteiger partial charge < -0.3 is 10.6 Å². The second kappa shape index (κ2) is 7.71. The predicted molar refractivity (Wildman–Crippen MR) is 83.2 cm³/mol. The van der Waals surface area contributed by atoms with Crippen LogP contribution in [0.1, 0.15) is 31.9 Å². The Bertz CT molecular complexity index is 429. The standard InChI is InChI=1S/C14H24N4OS/c1-3-8-18(12-4-6-15-7-5-12)9-13(19)17-14-16-11(2)10-20-14/h10,12,15H,3-9H2,1-2H3,(H,16,17,19). The van der Waals surface area contributed by atoms with Crippen molar-refractivity contribution in [3.05, 3.63) is 11.1 Å². The molecule has 1 saturated heterocycles. The Balaban J connectivity index is 1.87. The third-order valence-electron chi connectivity index (χ3n) is 3.55. The summed E-state index contributed by atoms with van der Waals surface area (Å²) in [6.45, 7) is 7.66. The van der Waals surface area contributed by atoms with E-state index in [0.29, 0.717) is 17.7 Å². The molecule has 1 aromatic heterocycles. The highest BCUT2D eigenvalue weighted by Crippen LogP contribution is 2.16. The molecule has 0 saturated carbocycles. The van der Waals surface area contributed by atoms with E-state index in [9.17, 15) is 4.79 Å². The first-order valence-electron chi connectivity index (χ1n) is 7.35. The number of aryl methyl sites for hydroxylation is 1. The van der Waals surface area contributed by atoms with Gasteiger partial charge in [0.25, 0.3) is 0 Å². The van der Waals surface area contributed by atoms with Crippen LogP contribution in [0.3, 0.4) is 0 Å². The summed E-state index contributed by atoms with van der Waals surface area (Å²) >= 11 is 1.48. The zero-order valence-electron chi connectivity index (χ0n) is 12.3. The van der Waals surface area contributed by atoms with Crippen LogP contribution in [0.25, 0.3) is 0 Å². The molecule has 1 amide bonds. The molecule has 2 rings (SSSR count). The number of anilines is 1. The average molecular weight is 296 g/mol. The largest absolute Gasteiger partial charge is 0.317 e. The molecule has 0 aliphatic carbocycles. The summed E-state index contributed by atoms with van der Waals surface area (Å²) in [6.07, 6.45) is 3.33. The number of piperidine rings is 1. The van der Waals surface area contributed by atoms with E-state index in [1.807, 2.05) is 12.3 Å². The van der Waals surface area contributed by atoms with Crippen molar-refractivity contribution >= 4 is 22.4 Å². The molecule has 1 fully saturated rings. The minimum atomic E-state index is 0.0475. The van der Waals surface area contributed by atoms with Gasteiger partial charge in [-0.2, -0.15) is 0 Å². The quantitative estimate of drug-likeness (QED) is 0.841. The van der Waals surface area contributed by atoms with E-state index in [1.54, 1.807) is 0 Å². The summed E-state index contributed by atoms with van der Waals surface area (Å²) in [6, 6.07) is 0.528. The van der Waals surface area contributed by atoms with E-state index >= 15 is 0 Å². The molecule has 5 nitrogen and oxygen atoms in total. The Morgan fingerprint density at radius 1 is 1.55 bits per heavy atom. The molecular formula is C14H24N4OS. The molecule has 0 aromatic carbocycles. The summed E-state index contributed by atoms with van der Waals surface area (Å²) in [5.41, 5.74) is 0.953. The fourth-order valence-corrected chi connectivity index (χ4v) is 3.31.